The minimum atomic E-state index is -0.967. The van der Waals surface area contributed by atoms with Crippen molar-refractivity contribution in [1.29, 1.82) is 0 Å². The van der Waals surface area contributed by atoms with E-state index in [2.05, 4.69) is 5.32 Å². The van der Waals surface area contributed by atoms with Gasteiger partial charge in [0.25, 0.3) is 0 Å². The molecule has 1 rings (SSSR count). The first kappa shape index (κ1) is 12.9. The zero-order chi connectivity index (χ0) is 12.1. The lowest BCUT2D eigenvalue weighted by atomic mass is 10.1. The smallest absolute Gasteiger partial charge is 0.168 e. The van der Waals surface area contributed by atoms with E-state index in [1.54, 1.807) is 6.92 Å². The van der Waals surface area contributed by atoms with Gasteiger partial charge in [0.2, 0.25) is 0 Å². The van der Waals surface area contributed by atoms with Crippen LogP contribution in [0.4, 0.5) is 8.78 Å². The molecule has 5 heteroatoms. The SMILES string of the molecule is CC(NCCCO)c1cc(F)cc(F)c1O. The Morgan fingerprint density at radius 3 is 2.69 bits per heavy atom. The largest absolute Gasteiger partial charge is 0.505 e. The number of aliphatic hydroxyl groups excluding tert-OH is 1. The van der Waals surface area contributed by atoms with Crippen LogP contribution in [-0.2, 0) is 0 Å². The third kappa shape index (κ3) is 3.15. The van der Waals surface area contributed by atoms with Crippen LogP contribution >= 0.6 is 0 Å². The Bertz CT molecular complexity index is 358. The lowest BCUT2D eigenvalue weighted by Crippen LogP contribution is -2.21. The van der Waals surface area contributed by atoms with E-state index < -0.39 is 17.4 Å². The van der Waals surface area contributed by atoms with Gasteiger partial charge in [-0.1, -0.05) is 0 Å². The first-order valence-corrected chi connectivity index (χ1v) is 5.08. The summed E-state index contributed by atoms with van der Waals surface area (Å²) in [5.41, 5.74) is 0.176. The highest BCUT2D eigenvalue weighted by Gasteiger charge is 2.15. The van der Waals surface area contributed by atoms with Gasteiger partial charge in [-0.3, -0.25) is 0 Å². The summed E-state index contributed by atoms with van der Waals surface area (Å²) in [5.74, 6) is -2.22. The Hall–Kier alpha value is -1.20. The summed E-state index contributed by atoms with van der Waals surface area (Å²) in [7, 11) is 0. The van der Waals surface area contributed by atoms with E-state index in [4.69, 9.17) is 5.11 Å². The van der Waals surface area contributed by atoms with E-state index in [1.807, 2.05) is 0 Å². The maximum Gasteiger partial charge on any atom is 0.168 e. The number of rotatable bonds is 5. The molecule has 0 saturated heterocycles. The predicted octanol–water partition coefficient (Wildman–Crippen LogP) is 1.70. The van der Waals surface area contributed by atoms with Gasteiger partial charge in [-0.05, 0) is 26.0 Å². The van der Waals surface area contributed by atoms with Crippen LogP contribution in [0.2, 0.25) is 0 Å². The van der Waals surface area contributed by atoms with Gasteiger partial charge < -0.3 is 15.5 Å². The van der Waals surface area contributed by atoms with Crippen LogP contribution in [0.25, 0.3) is 0 Å². The second kappa shape index (κ2) is 5.77. The molecule has 1 unspecified atom stereocenters. The van der Waals surface area contributed by atoms with Crippen molar-refractivity contribution in [3.05, 3.63) is 29.3 Å². The number of hydrogen-bond donors (Lipinski definition) is 3. The Labute approximate surface area is 92.7 Å². The quantitative estimate of drug-likeness (QED) is 0.676. The molecule has 0 spiro atoms. The third-order valence-corrected chi connectivity index (χ3v) is 2.31. The van der Waals surface area contributed by atoms with E-state index in [0.29, 0.717) is 19.0 Å². The molecule has 0 radical (unpaired) electrons. The molecule has 90 valence electrons. The fourth-order valence-corrected chi connectivity index (χ4v) is 1.42. The van der Waals surface area contributed by atoms with Crippen LogP contribution in [-0.4, -0.2) is 23.4 Å². The number of benzene rings is 1. The third-order valence-electron chi connectivity index (χ3n) is 2.31. The van der Waals surface area contributed by atoms with Crippen LogP contribution in [0.1, 0.15) is 24.9 Å². The first-order valence-electron chi connectivity index (χ1n) is 5.08. The summed E-state index contributed by atoms with van der Waals surface area (Å²) in [5, 5.41) is 20.9. The lowest BCUT2D eigenvalue weighted by molar-refractivity contribution is 0.283. The van der Waals surface area contributed by atoms with Crippen molar-refractivity contribution in [2.24, 2.45) is 0 Å². The highest BCUT2D eigenvalue weighted by Crippen LogP contribution is 2.27. The summed E-state index contributed by atoms with van der Waals surface area (Å²) < 4.78 is 26.0. The number of aromatic hydroxyl groups is 1. The average molecular weight is 231 g/mol. The highest BCUT2D eigenvalue weighted by molar-refractivity contribution is 5.36. The molecule has 0 heterocycles. The van der Waals surface area contributed by atoms with Gasteiger partial charge in [0.05, 0.1) is 0 Å². The number of hydrogen-bond acceptors (Lipinski definition) is 3. The molecule has 1 aromatic carbocycles. The maximum absolute atomic E-state index is 13.0. The monoisotopic (exact) mass is 231 g/mol. The molecule has 0 fully saturated rings. The Morgan fingerprint density at radius 1 is 1.38 bits per heavy atom. The first-order chi connectivity index (χ1) is 7.56. The van der Waals surface area contributed by atoms with Crippen molar-refractivity contribution in [2.75, 3.05) is 13.2 Å². The fourth-order valence-electron chi connectivity index (χ4n) is 1.42. The van der Waals surface area contributed by atoms with Crippen LogP contribution in [0.5, 0.6) is 5.75 Å². The predicted molar refractivity (Wildman–Crippen MR) is 56.1 cm³/mol. The molecule has 1 atom stereocenters. The molecule has 0 aliphatic rings. The number of nitrogens with one attached hydrogen (secondary N) is 1. The molecular formula is C11H15F2NO2. The zero-order valence-corrected chi connectivity index (χ0v) is 9.00. The maximum atomic E-state index is 13.0. The second-order valence-electron chi connectivity index (χ2n) is 3.58. The van der Waals surface area contributed by atoms with E-state index in [0.717, 1.165) is 6.07 Å². The van der Waals surface area contributed by atoms with Gasteiger partial charge in [0, 0.05) is 24.3 Å². The van der Waals surface area contributed by atoms with Crippen LogP contribution in [0.3, 0.4) is 0 Å². The summed E-state index contributed by atoms with van der Waals surface area (Å²) in [6, 6.07) is 1.35. The van der Waals surface area contributed by atoms with Gasteiger partial charge >= 0.3 is 0 Å². The van der Waals surface area contributed by atoms with Gasteiger partial charge in [-0.2, -0.15) is 0 Å². The van der Waals surface area contributed by atoms with Crippen molar-refractivity contribution in [2.45, 2.75) is 19.4 Å². The fraction of sp³-hybridized carbons (Fsp3) is 0.455. The number of aliphatic hydroxyl groups is 1. The summed E-state index contributed by atoms with van der Waals surface area (Å²) in [6.45, 7) is 2.24. The lowest BCUT2D eigenvalue weighted by Gasteiger charge is -2.15. The number of phenols is 1. The molecule has 3 nitrogen and oxygen atoms in total. The topological polar surface area (TPSA) is 52.5 Å². The molecule has 3 N–H and O–H groups in total. The summed E-state index contributed by atoms with van der Waals surface area (Å²) in [4.78, 5) is 0. The van der Waals surface area contributed by atoms with Crippen molar-refractivity contribution in [3.8, 4) is 5.75 Å². The minimum absolute atomic E-state index is 0.0449. The van der Waals surface area contributed by atoms with Crippen molar-refractivity contribution in [1.82, 2.24) is 5.32 Å². The Balaban J connectivity index is 2.78. The van der Waals surface area contributed by atoms with Crippen molar-refractivity contribution < 1.29 is 19.0 Å². The Kier molecular flexibility index (Phi) is 4.64. The molecule has 0 aromatic heterocycles. The average Bonchev–Trinajstić information content (AvgIpc) is 2.23. The van der Waals surface area contributed by atoms with E-state index in [1.165, 1.54) is 0 Å². The number of halogens is 2. The molecule has 0 bridgehead atoms. The van der Waals surface area contributed by atoms with Gasteiger partial charge in [-0.15, -0.1) is 0 Å². The highest BCUT2D eigenvalue weighted by atomic mass is 19.1. The Morgan fingerprint density at radius 2 is 2.06 bits per heavy atom. The molecule has 0 amide bonds. The molecule has 16 heavy (non-hydrogen) atoms. The van der Waals surface area contributed by atoms with Gasteiger partial charge in [0.15, 0.2) is 11.6 Å². The van der Waals surface area contributed by atoms with Gasteiger partial charge in [-0.25, -0.2) is 8.78 Å². The molecule has 1 aromatic rings. The minimum Gasteiger partial charge on any atom is -0.505 e. The zero-order valence-electron chi connectivity index (χ0n) is 9.00. The van der Waals surface area contributed by atoms with Crippen LogP contribution in [0, 0.1) is 11.6 Å². The van der Waals surface area contributed by atoms with E-state index >= 15 is 0 Å². The molecule has 0 aliphatic heterocycles. The summed E-state index contributed by atoms with van der Waals surface area (Å²) in [6.07, 6.45) is 0.545. The summed E-state index contributed by atoms with van der Waals surface area (Å²) >= 11 is 0. The van der Waals surface area contributed by atoms with Crippen LogP contribution < -0.4 is 5.32 Å². The van der Waals surface area contributed by atoms with Crippen molar-refractivity contribution >= 4 is 0 Å². The number of phenolic OH excluding ortho intramolecular Hbond substituents is 1. The molecule has 0 saturated carbocycles. The van der Waals surface area contributed by atoms with Gasteiger partial charge in [0.1, 0.15) is 5.82 Å². The molecule has 0 aliphatic carbocycles. The van der Waals surface area contributed by atoms with E-state index in [-0.39, 0.29) is 18.2 Å². The molecular weight excluding hydrogens is 216 g/mol. The second-order valence-corrected chi connectivity index (χ2v) is 3.58. The van der Waals surface area contributed by atoms with E-state index in [9.17, 15) is 13.9 Å². The van der Waals surface area contributed by atoms with Crippen molar-refractivity contribution in [3.63, 3.8) is 0 Å². The standard InChI is InChI=1S/C11H15F2NO2/c1-7(14-3-2-4-15)9-5-8(12)6-10(13)11(9)16/h5-7,14-16H,2-4H2,1H3. The van der Waals surface area contributed by atoms with Crippen LogP contribution in [0.15, 0.2) is 12.1 Å². The normalized spacial score (nSPS) is 12.8.